The Kier molecular flexibility index (Phi) is 6.18. The minimum Gasteiger partial charge on any atom is -0.297 e. The molecular formula is C29H34N2. The Bertz CT molecular complexity index is 1010. The summed E-state index contributed by atoms with van der Waals surface area (Å²) in [5, 5.41) is 2.27. The lowest BCUT2D eigenvalue weighted by molar-refractivity contribution is 0.590. The molecule has 2 nitrogen and oxygen atoms in total. The predicted molar refractivity (Wildman–Crippen MR) is 133 cm³/mol. The lowest BCUT2D eigenvalue weighted by atomic mass is 9.86. The maximum Gasteiger partial charge on any atom is 0.0958 e. The number of hydrogen-bond acceptors (Lipinski definition) is 2. The van der Waals surface area contributed by atoms with Gasteiger partial charge in [-0.3, -0.25) is 10.4 Å². The number of anilines is 1. The second kappa shape index (κ2) is 9.01. The molecule has 160 valence electrons. The van der Waals surface area contributed by atoms with Crippen LogP contribution in [0.25, 0.3) is 5.70 Å². The summed E-state index contributed by atoms with van der Waals surface area (Å²) in [4.78, 5) is 0. The van der Waals surface area contributed by atoms with Crippen molar-refractivity contribution in [3.8, 4) is 0 Å². The van der Waals surface area contributed by atoms with Crippen LogP contribution in [-0.4, -0.2) is 0 Å². The molecule has 1 heterocycles. The summed E-state index contributed by atoms with van der Waals surface area (Å²) < 4.78 is 0. The fraction of sp³-hybridized carbons (Fsp3) is 0.310. The van der Waals surface area contributed by atoms with Crippen molar-refractivity contribution in [3.63, 3.8) is 0 Å². The van der Waals surface area contributed by atoms with Crippen LogP contribution in [0.3, 0.4) is 0 Å². The number of rotatable bonds is 6. The van der Waals surface area contributed by atoms with Crippen molar-refractivity contribution in [2.75, 3.05) is 5.01 Å². The monoisotopic (exact) mass is 410 g/mol. The highest BCUT2D eigenvalue weighted by atomic mass is 15.5. The van der Waals surface area contributed by atoms with Crippen molar-refractivity contribution in [1.82, 2.24) is 5.43 Å². The van der Waals surface area contributed by atoms with E-state index >= 15 is 0 Å². The summed E-state index contributed by atoms with van der Waals surface area (Å²) in [6.45, 7) is 9.02. The van der Waals surface area contributed by atoms with Crippen LogP contribution in [0.2, 0.25) is 0 Å². The van der Waals surface area contributed by atoms with Gasteiger partial charge in [0.05, 0.1) is 17.4 Å². The van der Waals surface area contributed by atoms with Crippen LogP contribution in [0.4, 0.5) is 5.69 Å². The van der Waals surface area contributed by atoms with Gasteiger partial charge in [-0.15, -0.1) is 0 Å². The molecule has 4 rings (SSSR count). The van der Waals surface area contributed by atoms with E-state index in [1.54, 1.807) is 0 Å². The van der Waals surface area contributed by atoms with Crippen LogP contribution < -0.4 is 10.4 Å². The summed E-state index contributed by atoms with van der Waals surface area (Å²) in [6.07, 6.45) is 5.98. The van der Waals surface area contributed by atoms with Crippen molar-refractivity contribution in [1.29, 1.82) is 0 Å². The third kappa shape index (κ3) is 4.85. The van der Waals surface area contributed by atoms with Gasteiger partial charge in [0.2, 0.25) is 0 Å². The molecule has 0 radical (unpaired) electrons. The van der Waals surface area contributed by atoms with E-state index in [4.69, 9.17) is 0 Å². The SMILES string of the molecule is CCCCc1ccc(C2C=C(c3ccc(C(C)(C)C)cc3)NN2c2ccccc2)cc1. The molecule has 0 aromatic heterocycles. The molecule has 0 aliphatic carbocycles. The van der Waals surface area contributed by atoms with Crippen LogP contribution in [0.5, 0.6) is 0 Å². The molecule has 0 spiro atoms. The molecule has 0 bridgehead atoms. The van der Waals surface area contributed by atoms with Gasteiger partial charge in [-0.1, -0.05) is 101 Å². The second-order valence-corrected chi connectivity index (χ2v) is 9.52. The van der Waals surface area contributed by atoms with Gasteiger partial charge in [0.15, 0.2) is 0 Å². The Labute approximate surface area is 187 Å². The normalized spacial score (nSPS) is 16.2. The van der Waals surface area contributed by atoms with E-state index in [1.165, 1.54) is 40.8 Å². The minimum atomic E-state index is 0.153. The molecule has 1 atom stereocenters. The number of para-hydroxylation sites is 1. The smallest absolute Gasteiger partial charge is 0.0958 e. The fourth-order valence-corrected chi connectivity index (χ4v) is 4.10. The van der Waals surface area contributed by atoms with Gasteiger partial charge < -0.3 is 0 Å². The summed E-state index contributed by atoms with van der Waals surface area (Å²) in [6, 6.07) is 28.9. The van der Waals surface area contributed by atoms with Crippen molar-refractivity contribution < 1.29 is 0 Å². The Balaban J connectivity index is 1.65. The molecule has 0 amide bonds. The Morgan fingerprint density at radius 2 is 1.52 bits per heavy atom. The fourth-order valence-electron chi connectivity index (χ4n) is 4.10. The van der Waals surface area contributed by atoms with E-state index in [0.29, 0.717) is 0 Å². The van der Waals surface area contributed by atoms with E-state index in [0.717, 1.165) is 12.1 Å². The van der Waals surface area contributed by atoms with Crippen LogP contribution in [-0.2, 0) is 11.8 Å². The van der Waals surface area contributed by atoms with Gasteiger partial charge >= 0.3 is 0 Å². The van der Waals surface area contributed by atoms with Crippen molar-refractivity contribution in [2.45, 2.75) is 58.4 Å². The highest BCUT2D eigenvalue weighted by Crippen LogP contribution is 2.35. The average molecular weight is 411 g/mol. The van der Waals surface area contributed by atoms with Gasteiger partial charge in [-0.25, -0.2) is 0 Å². The molecule has 3 aromatic carbocycles. The number of benzene rings is 3. The number of unbranched alkanes of at least 4 members (excludes halogenated alkanes) is 1. The van der Waals surface area contributed by atoms with Gasteiger partial charge in [0.25, 0.3) is 0 Å². The van der Waals surface area contributed by atoms with E-state index in [1.807, 2.05) is 0 Å². The Hall–Kier alpha value is -3.00. The third-order valence-electron chi connectivity index (χ3n) is 6.08. The Morgan fingerprint density at radius 1 is 0.839 bits per heavy atom. The summed E-state index contributed by atoms with van der Waals surface area (Å²) in [7, 11) is 0. The van der Waals surface area contributed by atoms with Crippen LogP contribution >= 0.6 is 0 Å². The first-order valence-electron chi connectivity index (χ1n) is 11.5. The van der Waals surface area contributed by atoms with Gasteiger partial charge in [-0.05, 0) is 58.7 Å². The standard InChI is InChI=1S/C29H34N2/c1-5-6-10-22-13-15-24(16-14-22)28-21-27(30-31(28)26-11-8-7-9-12-26)23-17-19-25(20-18-23)29(2,3)4/h7-9,11-21,28,30H,5-6,10H2,1-4H3. The zero-order valence-electron chi connectivity index (χ0n) is 19.2. The third-order valence-corrected chi connectivity index (χ3v) is 6.08. The van der Waals surface area contributed by atoms with Crippen LogP contribution in [0.15, 0.2) is 84.9 Å². The van der Waals surface area contributed by atoms with Gasteiger partial charge in [0, 0.05) is 0 Å². The first kappa shape index (κ1) is 21.2. The second-order valence-electron chi connectivity index (χ2n) is 9.52. The average Bonchev–Trinajstić information content (AvgIpc) is 3.24. The zero-order chi connectivity index (χ0) is 21.8. The van der Waals surface area contributed by atoms with E-state index in [-0.39, 0.29) is 11.5 Å². The highest BCUT2D eigenvalue weighted by Gasteiger charge is 2.27. The first-order valence-corrected chi connectivity index (χ1v) is 11.5. The van der Waals surface area contributed by atoms with Crippen molar-refractivity contribution in [3.05, 3.63) is 107 Å². The predicted octanol–water partition coefficient (Wildman–Crippen LogP) is 7.43. The molecule has 0 fully saturated rings. The molecule has 1 aliphatic heterocycles. The molecule has 1 aliphatic rings. The zero-order valence-corrected chi connectivity index (χ0v) is 19.2. The quantitative estimate of drug-likeness (QED) is 0.454. The topological polar surface area (TPSA) is 15.3 Å². The molecule has 0 saturated carbocycles. The maximum absolute atomic E-state index is 3.67. The lowest BCUT2D eigenvalue weighted by Crippen LogP contribution is -2.33. The van der Waals surface area contributed by atoms with Crippen molar-refractivity contribution in [2.24, 2.45) is 0 Å². The number of hydrazine groups is 1. The van der Waals surface area contributed by atoms with Crippen LogP contribution in [0.1, 0.15) is 68.8 Å². The lowest BCUT2D eigenvalue weighted by Gasteiger charge is -2.28. The number of nitrogens with one attached hydrogen (secondary N) is 1. The largest absolute Gasteiger partial charge is 0.297 e. The molecule has 1 N–H and O–H groups in total. The Morgan fingerprint density at radius 3 is 2.13 bits per heavy atom. The molecule has 31 heavy (non-hydrogen) atoms. The number of hydrogen-bond donors (Lipinski definition) is 1. The number of nitrogens with zero attached hydrogens (tertiary/aromatic N) is 1. The maximum atomic E-state index is 3.67. The van der Waals surface area contributed by atoms with E-state index in [2.05, 4.69) is 123 Å². The van der Waals surface area contributed by atoms with Gasteiger partial charge in [-0.2, -0.15) is 0 Å². The van der Waals surface area contributed by atoms with Crippen molar-refractivity contribution >= 4 is 11.4 Å². The summed E-state index contributed by atoms with van der Waals surface area (Å²) >= 11 is 0. The molecule has 2 heteroatoms. The summed E-state index contributed by atoms with van der Waals surface area (Å²) in [5.74, 6) is 0. The molecule has 3 aromatic rings. The first-order chi connectivity index (χ1) is 15.0. The number of aryl methyl sites for hydroxylation is 1. The molecule has 0 saturated heterocycles. The van der Waals surface area contributed by atoms with Crippen LogP contribution in [0, 0.1) is 0 Å². The molecule has 1 unspecified atom stereocenters. The van der Waals surface area contributed by atoms with E-state index in [9.17, 15) is 0 Å². The summed E-state index contributed by atoms with van der Waals surface area (Å²) in [5.41, 5.74) is 11.5. The van der Waals surface area contributed by atoms with E-state index < -0.39 is 0 Å². The van der Waals surface area contributed by atoms with Gasteiger partial charge in [0.1, 0.15) is 0 Å². The molecular weight excluding hydrogens is 376 g/mol. The minimum absolute atomic E-state index is 0.153. The highest BCUT2D eigenvalue weighted by molar-refractivity contribution is 5.72.